The van der Waals surface area contributed by atoms with E-state index in [1.807, 2.05) is 0 Å². The van der Waals surface area contributed by atoms with Crippen molar-refractivity contribution in [3.63, 3.8) is 0 Å². The Hall–Kier alpha value is -1.79. The van der Waals surface area contributed by atoms with E-state index in [1.54, 1.807) is 24.3 Å². The van der Waals surface area contributed by atoms with Gasteiger partial charge in [0.1, 0.15) is 0 Å². The molecule has 1 aromatic carbocycles. The molecule has 0 saturated carbocycles. The molecule has 2 N–H and O–H groups in total. The number of hydrogen-bond donors (Lipinski definition) is 2. The van der Waals surface area contributed by atoms with E-state index in [0.717, 1.165) is 5.56 Å². The number of hydrogen-bond acceptors (Lipinski definition) is 2. The number of carbonyl (C=O) groups is 1. The Balaban J connectivity index is 2.72. The molecule has 15 heavy (non-hydrogen) atoms. The van der Waals surface area contributed by atoms with Crippen molar-refractivity contribution < 1.29 is 9.90 Å². The summed E-state index contributed by atoms with van der Waals surface area (Å²) in [5.74, 6) is 2.27. The van der Waals surface area contributed by atoms with Crippen molar-refractivity contribution in [3.8, 4) is 12.3 Å². The highest BCUT2D eigenvalue weighted by Crippen LogP contribution is 2.18. The van der Waals surface area contributed by atoms with Gasteiger partial charge in [-0.1, -0.05) is 12.1 Å². The first-order valence-corrected chi connectivity index (χ1v) is 4.62. The predicted molar refractivity (Wildman–Crippen MR) is 59.2 cm³/mol. The molecule has 0 spiro atoms. The Morgan fingerprint density at radius 1 is 1.53 bits per heavy atom. The van der Waals surface area contributed by atoms with Crippen LogP contribution in [0, 0.1) is 12.3 Å². The SMILES string of the molecule is C#CCC(O)c1ccc(NC(C)=O)cc1. The number of terminal acetylenes is 1. The van der Waals surface area contributed by atoms with Gasteiger partial charge in [-0.05, 0) is 17.7 Å². The largest absolute Gasteiger partial charge is 0.387 e. The van der Waals surface area contributed by atoms with Crippen molar-refractivity contribution in [1.29, 1.82) is 0 Å². The van der Waals surface area contributed by atoms with E-state index >= 15 is 0 Å². The van der Waals surface area contributed by atoms with E-state index in [4.69, 9.17) is 6.42 Å². The van der Waals surface area contributed by atoms with Crippen LogP contribution in [0.15, 0.2) is 24.3 Å². The van der Waals surface area contributed by atoms with Crippen LogP contribution < -0.4 is 5.32 Å². The molecule has 1 aromatic rings. The fourth-order valence-electron chi connectivity index (χ4n) is 1.22. The van der Waals surface area contributed by atoms with Crippen molar-refractivity contribution in [3.05, 3.63) is 29.8 Å². The third-order valence-electron chi connectivity index (χ3n) is 1.93. The summed E-state index contributed by atoms with van der Waals surface area (Å²) in [5, 5.41) is 12.2. The summed E-state index contributed by atoms with van der Waals surface area (Å²) in [6.07, 6.45) is 4.75. The number of amides is 1. The molecule has 1 rings (SSSR count). The Bertz CT molecular complexity index is 376. The lowest BCUT2D eigenvalue weighted by atomic mass is 10.1. The number of carbonyl (C=O) groups excluding carboxylic acids is 1. The molecule has 1 unspecified atom stereocenters. The highest BCUT2D eigenvalue weighted by molar-refractivity contribution is 5.88. The van der Waals surface area contributed by atoms with Crippen LogP contribution in [-0.4, -0.2) is 11.0 Å². The van der Waals surface area contributed by atoms with Crippen LogP contribution in [0.2, 0.25) is 0 Å². The van der Waals surface area contributed by atoms with Gasteiger partial charge >= 0.3 is 0 Å². The molecule has 3 heteroatoms. The standard InChI is InChI=1S/C12H13NO2/c1-3-4-12(15)10-5-7-11(8-6-10)13-9(2)14/h1,5-8,12,15H,4H2,2H3,(H,13,14). The van der Waals surface area contributed by atoms with Gasteiger partial charge in [0.2, 0.25) is 5.91 Å². The van der Waals surface area contributed by atoms with E-state index in [2.05, 4.69) is 11.2 Å². The number of rotatable bonds is 3. The average molecular weight is 203 g/mol. The maximum Gasteiger partial charge on any atom is 0.221 e. The van der Waals surface area contributed by atoms with Crippen LogP contribution in [0.25, 0.3) is 0 Å². The zero-order chi connectivity index (χ0) is 11.3. The topological polar surface area (TPSA) is 49.3 Å². The van der Waals surface area contributed by atoms with Crippen LogP contribution in [0.3, 0.4) is 0 Å². The second-order valence-corrected chi connectivity index (χ2v) is 3.23. The second-order valence-electron chi connectivity index (χ2n) is 3.23. The molecule has 1 atom stereocenters. The van der Waals surface area contributed by atoms with E-state index < -0.39 is 6.10 Å². The van der Waals surface area contributed by atoms with Gasteiger partial charge in [0.15, 0.2) is 0 Å². The number of benzene rings is 1. The normalized spacial score (nSPS) is 11.5. The highest BCUT2D eigenvalue weighted by atomic mass is 16.3. The van der Waals surface area contributed by atoms with Crippen LogP contribution in [0.5, 0.6) is 0 Å². The summed E-state index contributed by atoms with van der Waals surface area (Å²) in [6, 6.07) is 6.95. The first-order valence-electron chi connectivity index (χ1n) is 4.62. The number of aliphatic hydroxyl groups excluding tert-OH is 1. The van der Waals surface area contributed by atoms with E-state index in [9.17, 15) is 9.90 Å². The summed E-state index contributed by atoms with van der Waals surface area (Å²) >= 11 is 0. The molecule has 0 bridgehead atoms. The maximum absolute atomic E-state index is 10.7. The van der Waals surface area contributed by atoms with Crippen LogP contribution >= 0.6 is 0 Å². The first-order chi connectivity index (χ1) is 7.13. The monoisotopic (exact) mass is 203 g/mol. The van der Waals surface area contributed by atoms with E-state index in [1.165, 1.54) is 6.92 Å². The minimum absolute atomic E-state index is 0.119. The van der Waals surface area contributed by atoms with E-state index in [-0.39, 0.29) is 5.91 Å². The molecular weight excluding hydrogens is 190 g/mol. The summed E-state index contributed by atoms with van der Waals surface area (Å²) in [4.78, 5) is 10.7. The zero-order valence-electron chi connectivity index (χ0n) is 8.53. The third-order valence-corrected chi connectivity index (χ3v) is 1.93. The smallest absolute Gasteiger partial charge is 0.221 e. The molecule has 0 aromatic heterocycles. The lowest BCUT2D eigenvalue weighted by molar-refractivity contribution is -0.114. The average Bonchev–Trinajstić information content (AvgIpc) is 2.18. The van der Waals surface area contributed by atoms with Gasteiger partial charge in [0.05, 0.1) is 6.10 Å². The van der Waals surface area contributed by atoms with Crippen molar-refractivity contribution in [2.45, 2.75) is 19.4 Å². The fourth-order valence-corrected chi connectivity index (χ4v) is 1.22. The molecule has 3 nitrogen and oxygen atoms in total. The Labute approximate surface area is 89.1 Å². The lowest BCUT2D eigenvalue weighted by Gasteiger charge is -2.08. The highest BCUT2D eigenvalue weighted by Gasteiger charge is 2.05. The molecule has 0 aliphatic rings. The molecule has 0 fully saturated rings. The molecular formula is C12H13NO2. The Morgan fingerprint density at radius 3 is 2.60 bits per heavy atom. The molecule has 0 heterocycles. The quantitative estimate of drug-likeness (QED) is 0.734. The Kier molecular flexibility index (Phi) is 3.90. The summed E-state index contributed by atoms with van der Waals surface area (Å²) in [5.41, 5.74) is 1.46. The van der Waals surface area contributed by atoms with Gasteiger partial charge in [-0.3, -0.25) is 4.79 Å². The minimum atomic E-state index is -0.638. The number of aliphatic hydroxyl groups is 1. The van der Waals surface area contributed by atoms with Crippen molar-refractivity contribution in [1.82, 2.24) is 0 Å². The molecule has 78 valence electrons. The third kappa shape index (κ3) is 3.45. The molecule has 0 saturated heterocycles. The number of anilines is 1. The van der Waals surface area contributed by atoms with Crippen LogP contribution in [0.1, 0.15) is 25.0 Å². The van der Waals surface area contributed by atoms with Gasteiger partial charge in [0.25, 0.3) is 0 Å². The lowest BCUT2D eigenvalue weighted by Crippen LogP contribution is -2.05. The molecule has 1 amide bonds. The summed E-state index contributed by atoms with van der Waals surface area (Å²) in [6.45, 7) is 1.45. The van der Waals surface area contributed by atoms with E-state index in [0.29, 0.717) is 12.1 Å². The van der Waals surface area contributed by atoms with Gasteiger partial charge in [-0.25, -0.2) is 0 Å². The molecule has 0 radical (unpaired) electrons. The number of nitrogens with one attached hydrogen (secondary N) is 1. The minimum Gasteiger partial charge on any atom is -0.387 e. The second kappa shape index (κ2) is 5.18. The zero-order valence-corrected chi connectivity index (χ0v) is 8.53. The van der Waals surface area contributed by atoms with Crippen LogP contribution in [0.4, 0.5) is 5.69 Å². The first kappa shape index (κ1) is 11.3. The molecule has 0 aliphatic heterocycles. The molecule has 0 aliphatic carbocycles. The van der Waals surface area contributed by atoms with Crippen molar-refractivity contribution in [2.75, 3.05) is 5.32 Å². The van der Waals surface area contributed by atoms with Crippen molar-refractivity contribution >= 4 is 11.6 Å². The Morgan fingerprint density at radius 2 is 2.13 bits per heavy atom. The van der Waals surface area contributed by atoms with Gasteiger partial charge in [-0.2, -0.15) is 0 Å². The summed E-state index contributed by atoms with van der Waals surface area (Å²) in [7, 11) is 0. The summed E-state index contributed by atoms with van der Waals surface area (Å²) < 4.78 is 0. The van der Waals surface area contributed by atoms with Gasteiger partial charge in [-0.15, -0.1) is 12.3 Å². The van der Waals surface area contributed by atoms with Crippen LogP contribution in [-0.2, 0) is 4.79 Å². The maximum atomic E-state index is 10.7. The van der Waals surface area contributed by atoms with Crippen molar-refractivity contribution in [2.24, 2.45) is 0 Å². The van der Waals surface area contributed by atoms with Gasteiger partial charge in [0, 0.05) is 19.0 Å². The fraction of sp³-hybridized carbons (Fsp3) is 0.250. The van der Waals surface area contributed by atoms with Gasteiger partial charge < -0.3 is 10.4 Å². The predicted octanol–water partition coefficient (Wildman–Crippen LogP) is 1.70.